The molecule has 2 aliphatic rings. The highest BCUT2D eigenvalue weighted by atomic mass is 16.5. The maximum atomic E-state index is 12.2. The molecule has 0 aliphatic heterocycles. The van der Waals surface area contributed by atoms with E-state index in [1.54, 1.807) is 25.6 Å². The molecule has 0 saturated heterocycles. The van der Waals surface area contributed by atoms with Gasteiger partial charge in [0, 0.05) is 17.7 Å². The number of ketones is 1. The number of ether oxygens (including phenoxy) is 1. The van der Waals surface area contributed by atoms with Crippen LogP contribution in [-0.4, -0.2) is 17.9 Å². The van der Waals surface area contributed by atoms with E-state index in [0.29, 0.717) is 23.1 Å². The third-order valence-corrected chi connectivity index (χ3v) is 3.94. The van der Waals surface area contributed by atoms with E-state index >= 15 is 0 Å². The Labute approximate surface area is 94.8 Å². The summed E-state index contributed by atoms with van der Waals surface area (Å²) in [5.41, 5.74) is 0.707. The minimum absolute atomic E-state index is 0.265. The molecular weight excluding hydrogens is 202 g/mol. The summed E-state index contributed by atoms with van der Waals surface area (Å²) in [4.78, 5) is 16.2. The highest BCUT2D eigenvalue weighted by molar-refractivity contribution is 6.00. The molecule has 2 atom stereocenters. The molecule has 1 aromatic rings. The number of hydrogen-bond donors (Lipinski definition) is 0. The van der Waals surface area contributed by atoms with E-state index < -0.39 is 0 Å². The van der Waals surface area contributed by atoms with E-state index in [0.717, 1.165) is 0 Å². The largest absolute Gasteiger partial charge is 0.495 e. The van der Waals surface area contributed by atoms with Gasteiger partial charge in [-0.2, -0.15) is 0 Å². The fraction of sp³-hybridized carbons (Fsp3) is 0.538. The van der Waals surface area contributed by atoms with Crippen molar-refractivity contribution in [1.29, 1.82) is 0 Å². The third-order valence-electron chi connectivity index (χ3n) is 3.94. The molecule has 84 valence electrons. The van der Waals surface area contributed by atoms with Crippen molar-refractivity contribution in [2.24, 2.45) is 17.8 Å². The van der Waals surface area contributed by atoms with Crippen molar-refractivity contribution >= 4 is 5.78 Å². The second-order valence-corrected chi connectivity index (χ2v) is 4.76. The first kappa shape index (κ1) is 9.82. The zero-order chi connectivity index (χ0) is 11.1. The van der Waals surface area contributed by atoms with Crippen molar-refractivity contribution in [3.05, 3.63) is 24.0 Å². The van der Waals surface area contributed by atoms with Crippen molar-refractivity contribution in [3.8, 4) is 5.75 Å². The van der Waals surface area contributed by atoms with Crippen LogP contribution in [0.15, 0.2) is 18.5 Å². The van der Waals surface area contributed by atoms with E-state index in [1.807, 2.05) is 0 Å². The van der Waals surface area contributed by atoms with E-state index in [9.17, 15) is 4.79 Å². The van der Waals surface area contributed by atoms with Crippen LogP contribution in [0.4, 0.5) is 0 Å². The van der Waals surface area contributed by atoms with Crippen molar-refractivity contribution < 1.29 is 9.53 Å². The Kier molecular flexibility index (Phi) is 2.20. The fourth-order valence-electron chi connectivity index (χ4n) is 3.07. The van der Waals surface area contributed by atoms with Crippen LogP contribution in [0.1, 0.15) is 29.6 Å². The number of carbonyl (C=O) groups excluding carboxylic acids is 1. The number of pyridine rings is 1. The van der Waals surface area contributed by atoms with Crippen LogP contribution in [0.5, 0.6) is 5.75 Å². The van der Waals surface area contributed by atoms with Gasteiger partial charge in [0.1, 0.15) is 5.75 Å². The summed E-state index contributed by atoms with van der Waals surface area (Å²) in [7, 11) is 1.59. The first-order chi connectivity index (χ1) is 7.81. The van der Waals surface area contributed by atoms with Crippen molar-refractivity contribution in [1.82, 2.24) is 4.98 Å². The van der Waals surface area contributed by atoms with Gasteiger partial charge in [-0.3, -0.25) is 9.78 Å². The number of carbonyl (C=O) groups is 1. The third kappa shape index (κ3) is 1.42. The average molecular weight is 217 g/mol. The number of aromatic nitrogens is 1. The Morgan fingerprint density at radius 3 is 2.81 bits per heavy atom. The molecule has 0 N–H and O–H groups in total. The standard InChI is InChI=1S/C13H15NO2/c1-16-9-5-8(6-14-7-9)13(15)12-10-3-2-4-11(10)12/h5-7,10-12H,2-4H2,1H3. The number of rotatable bonds is 3. The minimum Gasteiger partial charge on any atom is -0.495 e. The van der Waals surface area contributed by atoms with Gasteiger partial charge < -0.3 is 4.74 Å². The molecule has 0 radical (unpaired) electrons. The van der Waals surface area contributed by atoms with Gasteiger partial charge in [0.05, 0.1) is 13.3 Å². The van der Waals surface area contributed by atoms with Gasteiger partial charge in [0.25, 0.3) is 0 Å². The molecule has 2 aliphatic carbocycles. The van der Waals surface area contributed by atoms with Gasteiger partial charge in [-0.05, 0) is 30.7 Å². The number of hydrogen-bond acceptors (Lipinski definition) is 3. The Balaban J connectivity index is 1.79. The number of fused-ring (bicyclic) bond motifs is 1. The summed E-state index contributed by atoms with van der Waals surface area (Å²) < 4.78 is 5.08. The smallest absolute Gasteiger partial charge is 0.168 e. The first-order valence-electron chi connectivity index (χ1n) is 5.84. The van der Waals surface area contributed by atoms with Crippen molar-refractivity contribution in [2.45, 2.75) is 19.3 Å². The summed E-state index contributed by atoms with van der Waals surface area (Å²) in [6.07, 6.45) is 7.05. The maximum absolute atomic E-state index is 12.2. The van der Waals surface area contributed by atoms with Gasteiger partial charge in [0.15, 0.2) is 5.78 Å². The molecule has 1 heterocycles. The predicted molar refractivity (Wildman–Crippen MR) is 59.4 cm³/mol. The molecule has 16 heavy (non-hydrogen) atoms. The van der Waals surface area contributed by atoms with Crippen molar-refractivity contribution in [3.63, 3.8) is 0 Å². The van der Waals surface area contributed by atoms with Gasteiger partial charge in [-0.15, -0.1) is 0 Å². The summed E-state index contributed by atoms with van der Waals surface area (Å²) in [5, 5.41) is 0. The molecule has 0 aromatic carbocycles. The summed E-state index contributed by atoms with van der Waals surface area (Å²) in [6.45, 7) is 0. The fourth-order valence-corrected chi connectivity index (χ4v) is 3.07. The number of nitrogens with zero attached hydrogens (tertiary/aromatic N) is 1. The average Bonchev–Trinajstić information content (AvgIpc) is 2.81. The van der Waals surface area contributed by atoms with Crippen LogP contribution < -0.4 is 4.74 Å². The van der Waals surface area contributed by atoms with Crippen LogP contribution in [0.25, 0.3) is 0 Å². The van der Waals surface area contributed by atoms with Gasteiger partial charge in [-0.1, -0.05) is 6.42 Å². The van der Waals surface area contributed by atoms with E-state index in [-0.39, 0.29) is 11.7 Å². The van der Waals surface area contributed by atoms with E-state index in [2.05, 4.69) is 4.98 Å². The SMILES string of the molecule is COc1cncc(C(=O)C2C3CCCC32)c1. The van der Waals surface area contributed by atoms with Crippen LogP contribution >= 0.6 is 0 Å². The molecule has 0 bridgehead atoms. The monoisotopic (exact) mass is 217 g/mol. The van der Waals surface area contributed by atoms with Gasteiger partial charge in [0.2, 0.25) is 0 Å². The molecule has 3 nitrogen and oxygen atoms in total. The Morgan fingerprint density at radius 2 is 2.12 bits per heavy atom. The van der Waals surface area contributed by atoms with Crippen LogP contribution in [0.3, 0.4) is 0 Å². The molecule has 3 heteroatoms. The molecular formula is C13H15NO2. The second kappa shape index (κ2) is 3.58. The maximum Gasteiger partial charge on any atom is 0.168 e. The zero-order valence-corrected chi connectivity index (χ0v) is 9.35. The quantitative estimate of drug-likeness (QED) is 0.729. The highest BCUT2D eigenvalue weighted by Gasteiger charge is 2.56. The molecule has 3 rings (SSSR count). The Morgan fingerprint density at radius 1 is 1.38 bits per heavy atom. The lowest BCUT2D eigenvalue weighted by molar-refractivity contribution is 0.0951. The molecule has 0 amide bonds. The van der Waals surface area contributed by atoms with Crippen molar-refractivity contribution in [2.75, 3.05) is 7.11 Å². The summed E-state index contributed by atoms with van der Waals surface area (Å²) in [6, 6.07) is 1.80. The zero-order valence-electron chi connectivity index (χ0n) is 9.35. The minimum atomic E-state index is 0.265. The van der Waals surface area contributed by atoms with Crippen LogP contribution in [0.2, 0.25) is 0 Å². The normalized spacial score (nSPS) is 30.9. The predicted octanol–water partition coefficient (Wildman–Crippen LogP) is 2.32. The molecule has 2 saturated carbocycles. The molecule has 2 fully saturated rings. The summed E-state index contributed by atoms with van der Waals surface area (Å²) in [5.74, 6) is 2.54. The second-order valence-electron chi connectivity index (χ2n) is 4.76. The lowest BCUT2D eigenvalue weighted by atomic mass is 10.0. The number of methoxy groups -OCH3 is 1. The Hall–Kier alpha value is -1.38. The molecule has 2 unspecified atom stereocenters. The summed E-state index contributed by atoms with van der Waals surface area (Å²) >= 11 is 0. The molecule has 1 aromatic heterocycles. The topological polar surface area (TPSA) is 39.2 Å². The van der Waals surface area contributed by atoms with Crippen LogP contribution in [0, 0.1) is 17.8 Å². The van der Waals surface area contributed by atoms with Gasteiger partial charge in [-0.25, -0.2) is 0 Å². The van der Waals surface area contributed by atoms with Crippen LogP contribution in [-0.2, 0) is 0 Å². The van der Waals surface area contributed by atoms with E-state index in [4.69, 9.17) is 4.74 Å². The highest BCUT2D eigenvalue weighted by Crippen LogP contribution is 2.58. The first-order valence-corrected chi connectivity index (χ1v) is 5.84. The molecule has 0 spiro atoms. The van der Waals surface area contributed by atoms with E-state index in [1.165, 1.54) is 19.3 Å². The Bertz CT molecular complexity index is 420. The lowest BCUT2D eigenvalue weighted by Gasteiger charge is -2.04. The lowest BCUT2D eigenvalue weighted by Crippen LogP contribution is -2.06. The number of Topliss-reactive ketones (excluding diaryl/α,β-unsaturated/α-hetero) is 1. The van der Waals surface area contributed by atoms with Gasteiger partial charge >= 0.3 is 0 Å².